The number of phenols is 1. The number of rotatable bonds is 1. The molecular formula is C9H7ClN2O2. The molecule has 5 heteroatoms. The van der Waals surface area contributed by atoms with Gasteiger partial charge in [0.05, 0.1) is 5.56 Å². The van der Waals surface area contributed by atoms with Gasteiger partial charge in [-0.2, -0.15) is 0 Å². The first-order valence-corrected chi connectivity index (χ1v) is 4.26. The molecule has 0 radical (unpaired) electrons. The summed E-state index contributed by atoms with van der Waals surface area (Å²) in [5.41, 5.74) is 6.71. The Morgan fingerprint density at radius 1 is 1.43 bits per heavy atom. The molecule has 0 amide bonds. The second-order valence-electron chi connectivity index (χ2n) is 2.76. The van der Waals surface area contributed by atoms with Crippen molar-refractivity contribution >= 4 is 17.5 Å². The molecule has 4 nitrogen and oxygen atoms in total. The van der Waals surface area contributed by atoms with Gasteiger partial charge in [0.15, 0.2) is 5.15 Å². The minimum absolute atomic E-state index is 0.138. The van der Waals surface area contributed by atoms with Gasteiger partial charge in [-0.05, 0) is 17.7 Å². The maximum Gasteiger partial charge on any atom is 0.231 e. The van der Waals surface area contributed by atoms with Gasteiger partial charge in [-0.1, -0.05) is 28.9 Å². The Balaban J connectivity index is 2.59. The summed E-state index contributed by atoms with van der Waals surface area (Å²) in [7, 11) is 0. The molecule has 0 aliphatic rings. The summed E-state index contributed by atoms with van der Waals surface area (Å²) in [6.07, 6.45) is 0. The van der Waals surface area contributed by atoms with Crippen molar-refractivity contribution in [2.75, 3.05) is 5.73 Å². The van der Waals surface area contributed by atoms with Gasteiger partial charge in [0.25, 0.3) is 0 Å². The fourth-order valence-corrected chi connectivity index (χ4v) is 1.44. The summed E-state index contributed by atoms with van der Waals surface area (Å²) in [5.74, 6) is 0.278. The van der Waals surface area contributed by atoms with Crippen molar-refractivity contribution in [2.45, 2.75) is 0 Å². The van der Waals surface area contributed by atoms with E-state index in [0.717, 1.165) is 0 Å². The monoisotopic (exact) mass is 210 g/mol. The van der Waals surface area contributed by atoms with Crippen LogP contribution in [0.15, 0.2) is 28.8 Å². The Labute approximate surface area is 84.9 Å². The third-order valence-electron chi connectivity index (χ3n) is 1.81. The number of hydrogen-bond donors (Lipinski definition) is 2. The lowest BCUT2D eigenvalue weighted by Gasteiger charge is -1.98. The third-order valence-corrected chi connectivity index (χ3v) is 2.07. The number of hydrogen-bond acceptors (Lipinski definition) is 4. The van der Waals surface area contributed by atoms with E-state index in [1.54, 1.807) is 18.2 Å². The average Bonchev–Trinajstić information content (AvgIpc) is 2.46. The lowest BCUT2D eigenvalue weighted by Crippen LogP contribution is -1.84. The van der Waals surface area contributed by atoms with Crippen molar-refractivity contribution in [1.29, 1.82) is 0 Å². The summed E-state index contributed by atoms with van der Waals surface area (Å²) >= 11 is 5.77. The fraction of sp³-hybridized carbons (Fsp3) is 0. The lowest BCUT2D eigenvalue weighted by atomic mass is 10.1. The highest BCUT2D eigenvalue weighted by molar-refractivity contribution is 6.32. The number of nitrogens with zero attached hydrogens (tertiary/aromatic N) is 1. The SMILES string of the molecule is Nc1onc(Cl)c1-c1cccc(O)c1. The number of anilines is 1. The summed E-state index contributed by atoms with van der Waals surface area (Å²) in [4.78, 5) is 0. The Kier molecular flexibility index (Phi) is 2.05. The number of aromatic nitrogens is 1. The molecule has 0 aliphatic heterocycles. The predicted octanol–water partition coefficient (Wildman–Crippen LogP) is 2.28. The van der Waals surface area contributed by atoms with Gasteiger partial charge in [0.1, 0.15) is 5.75 Å². The van der Waals surface area contributed by atoms with Crippen molar-refractivity contribution in [1.82, 2.24) is 5.16 Å². The molecule has 72 valence electrons. The summed E-state index contributed by atoms with van der Waals surface area (Å²) in [6, 6.07) is 6.54. The van der Waals surface area contributed by atoms with Crippen LogP contribution in [0, 0.1) is 0 Å². The van der Waals surface area contributed by atoms with Gasteiger partial charge >= 0.3 is 0 Å². The molecule has 0 aliphatic carbocycles. The Hall–Kier alpha value is -1.68. The molecule has 14 heavy (non-hydrogen) atoms. The van der Waals surface area contributed by atoms with Crippen LogP contribution in [0.5, 0.6) is 5.75 Å². The molecular weight excluding hydrogens is 204 g/mol. The van der Waals surface area contributed by atoms with E-state index >= 15 is 0 Å². The number of nitrogens with two attached hydrogens (primary N) is 1. The maximum atomic E-state index is 9.26. The number of benzene rings is 1. The molecule has 0 saturated carbocycles. The molecule has 0 bridgehead atoms. The lowest BCUT2D eigenvalue weighted by molar-refractivity contribution is 0.437. The van der Waals surface area contributed by atoms with Crippen molar-refractivity contribution in [3.05, 3.63) is 29.4 Å². The van der Waals surface area contributed by atoms with Crippen molar-refractivity contribution in [3.63, 3.8) is 0 Å². The largest absolute Gasteiger partial charge is 0.508 e. The molecule has 1 aromatic carbocycles. The summed E-state index contributed by atoms with van der Waals surface area (Å²) in [6.45, 7) is 0. The average molecular weight is 211 g/mol. The van der Waals surface area contributed by atoms with Gasteiger partial charge in [0.2, 0.25) is 5.88 Å². The predicted molar refractivity (Wildman–Crippen MR) is 53.0 cm³/mol. The molecule has 0 atom stereocenters. The molecule has 0 fully saturated rings. The van der Waals surface area contributed by atoms with Crippen LogP contribution in [0.4, 0.5) is 5.88 Å². The number of aromatic hydroxyl groups is 1. The molecule has 0 unspecified atom stereocenters. The van der Waals surface area contributed by atoms with E-state index in [9.17, 15) is 5.11 Å². The van der Waals surface area contributed by atoms with Crippen LogP contribution < -0.4 is 5.73 Å². The Morgan fingerprint density at radius 3 is 2.79 bits per heavy atom. The van der Waals surface area contributed by atoms with Crippen molar-refractivity contribution < 1.29 is 9.63 Å². The second kappa shape index (κ2) is 3.23. The second-order valence-corrected chi connectivity index (χ2v) is 3.12. The summed E-state index contributed by atoms with van der Waals surface area (Å²) < 4.78 is 4.70. The van der Waals surface area contributed by atoms with Crippen molar-refractivity contribution in [2.24, 2.45) is 0 Å². The molecule has 2 rings (SSSR count). The van der Waals surface area contributed by atoms with E-state index in [-0.39, 0.29) is 16.8 Å². The standard InChI is InChI=1S/C9H7ClN2O2/c10-8-7(9(11)14-12-8)5-2-1-3-6(13)4-5/h1-4,13H,11H2. The summed E-state index contributed by atoms with van der Waals surface area (Å²) in [5, 5.41) is 13.0. The zero-order chi connectivity index (χ0) is 10.1. The first kappa shape index (κ1) is 8.90. The first-order chi connectivity index (χ1) is 6.68. The zero-order valence-electron chi connectivity index (χ0n) is 7.07. The third kappa shape index (κ3) is 1.40. The smallest absolute Gasteiger partial charge is 0.231 e. The minimum Gasteiger partial charge on any atom is -0.508 e. The van der Waals surface area contributed by atoms with Gasteiger partial charge in [-0.25, -0.2) is 0 Å². The van der Waals surface area contributed by atoms with Crippen LogP contribution in [0.25, 0.3) is 11.1 Å². The van der Waals surface area contributed by atoms with E-state index in [2.05, 4.69) is 5.16 Å². The topological polar surface area (TPSA) is 72.3 Å². The van der Waals surface area contributed by atoms with Crippen LogP contribution in [0.2, 0.25) is 5.15 Å². The van der Waals surface area contributed by atoms with Crippen LogP contribution in [-0.2, 0) is 0 Å². The molecule has 3 N–H and O–H groups in total. The molecule has 1 heterocycles. The number of phenolic OH excluding ortho intramolecular Hbond substituents is 1. The molecule has 0 saturated heterocycles. The van der Waals surface area contributed by atoms with Crippen LogP contribution in [0.1, 0.15) is 0 Å². The molecule has 1 aromatic heterocycles. The fourth-order valence-electron chi connectivity index (χ4n) is 1.20. The van der Waals surface area contributed by atoms with E-state index in [4.69, 9.17) is 21.9 Å². The van der Waals surface area contributed by atoms with E-state index in [1.807, 2.05) is 0 Å². The van der Waals surface area contributed by atoms with E-state index in [1.165, 1.54) is 6.07 Å². The Morgan fingerprint density at radius 2 is 2.21 bits per heavy atom. The minimum atomic E-state index is 0.138. The number of halogens is 1. The van der Waals surface area contributed by atoms with Gasteiger partial charge < -0.3 is 15.4 Å². The highest BCUT2D eigenvalue weighted by atomic mass is 35.5. The van der Waals surface area contributed by atoms with Crippen LogP contribution >= 0.6 is 11.6 Å². The van der Waals surface area contributed by atoms with E-state index < -0.39 is 0 Å². The zero-order valence-corrected chi connectivity index (χ0v) is 7.82. The molecule has 0 spiro atoms. The van der Waals surface area contributed by atoms with Gasteiger partial charge in [0, 0.05) is 0 Å². The Bertz CT molecular complexity index is 448. The first-order valence-electron chi connectivity index (χ1n) is 3.88. The van der Waals surface area contributed by atoms with Gasteiger partial charge in [-0.15, -0.1) is 0 Å². The van der Waals surface area contributed by atoms with Crippen molar-refractivity contribution in [3.8, 4) is 16.9 Å². The van der Waals surface area contributed by atoms with Gasteiger partial charge in [-0.3, -0.25) is 0 Å². The normalized spacial score (nSPS) is 10.4. The highest BCUT2D eigenvalue weighted by Crippen LogP contribution is 2.33. The molecule has 2 aromatic rings. The van der Waals surface area contributed by atoms with E-state index in [0.29, 0.717) is 11.1 Å². The quantitative estimate of drug-likeness (QED) is 0.758. The van der Waals surface area contributed by atoms with Crippen LogP contribution in [-0.4, -0.2) is 10.3 Å². The number of nitrogen functional groups attached to an aromatic ring is 1. The van der Waals surface area contributed by atoms with Crippen LogP contribution in [0.3, 0.4) is 0 Å². The highest BCUT2D eigenvalue weighted by Gasteiger charge is 2.13. The maximum absolute atomic E-state index is 9.26.